The Labute approximate surface area is 317 Å². The van der Waals surface area contributed by atoms with Crippen LogP contribution in [0.15, 0.2) is 0 Å². The number of nitrogens with zero attached hydrogens (tertiary/aromatic N) is 3. The summed E-state index contributed by atoms with van der Waals surface area (Å²) in [7, 11) is -3.73. The van der Waals surface area contributed by atoms with E-state index >= 15 is 0 Å². The van der Waals surface area contributed by atoms with E-state index in [-0.39, 0.29) is 62.9 Å². The van der Waals surface area contributed by atoms with Gasteiger partial charge in [-0.05, 0) is 64.3 Å². The number of rotatable bonds is 32. The number of hydroxylamine groups is 6. The number of unbranched alkanes of at least 4 members (excludes halogenated alkanes) is 13. The predicted molar refractivity (Wildman–Crippen MR) is 200 cm³/mol. The third-order valence-corrected chi connectivity index (χ3v) is 8.94. The molecule has 0 spiro atoms. The molecule has 17 nitrogen and oxygen atoms in total. The molecule has 0 saturated carbocycles. The van der Waals surface area contributed by atoms with Crippen LogP contribution >= 0.6 is 0 Å². The molecule has 0 radical (unpaired) electrons. The zero-order valence-corrected chi connectivity index (χ0v) is 33.1. The van der Waals surface area contributed by atoms with Gasteiger partial charge in [0.1, 0.15) is 0 Å². The van der Waals surface area contributed by atoms with E-state index in [2.05, 4.69) is 17.6 Å². The second-order valence-corrected chi connectivity index (χ2v) is 14.7. The predicted octanol–water partition coefficient (Wildman–Crippen LogP) is 3.94. The second kappa shape index (κ2) is 34.8. The largest absolute Gasteiger partial charge is 0.356 e. The molecule has 0 bridgehead atoms. The summed E-state index contributed by atoms with van der Waals surface area (Å²) in [5, 5.41) is 36.1. The molecular formula is C35H70N6O11S. The normalized spacial score (nSPS) is 10.9. The zero-order valence-electron chi connectivity index (χ0n) is 32.3. The van der Waals surface area contributed by atoms with Gasteiger partial charge in [-0.2, -0.15) is 8.42 Å². The highest BCUT2D eigenvalue weighted by Gasteiger charge is 2.14. The van der Waals surface area contributed by atoms with Crippen molar-refractivity contribution in [2.24, 2.45) is 5.73 Å². The van der Waals surface area contributed by atoms with Gasteiger partial charge in [-0.25, -0.2) is 15.2 Å². The molecule has 0 aliphatic heterocycles. The first-order valence-electron chi connectivity index (χ1n) is 19.3. The number of hydrogen-bond acceptors (Lipinski definition) is 11. The number of nitrogens with one attached hydrogen (secondary N) is 2. The van der Waals surface area contributed by atoms with Crippen molar-refractivity contribution < 1.29 is 52.6 Å². The lowest BCUT2D eigenvalue weighted by Crippen LogP contribution is -2.31. The highest BCUT2D eigenvalue weighted by molar-refractivity contribution is 7.85. The topological polar surface area (TPSA) is 260 Å². The Balaban J connectivity index is 0. The lowest BCUT2D eigenvalue weighted by atomic mass is 10.1. The molecule has 0 saturated heterocycles. The minimum atomic E-state index is -3.73. The van der Waals surface area contributed by atoms with Crippen LogP contribution in [-0.2, 0) is 34.1 Å². The van der Waals surface area contributed by atoms with Crippen LogP contribution in [0.25, 0.3) is 0 Å². The molecule has 0 rings (SSSR count). The standard InChI is InChI=1S/C25H48N6O8.C10H22O3S/c1-21(32)29(37)18-9-3-6-16-27-22(33)12-14-25(36)31(39)20-10-4-7-17-28-23(34)11-13-24(35)30(38)19-8-2-5-15-26;1-2-3-4-5-6-7-8-9-10-14(11,12)13/h37-39H,2-20,26H2,1H3,(H,27,33)(H,28,34);2-10H2,1H3,(H,11,12,13). The maximum absolute atomic E-state index is 12.0. The minimum Gasteiger partial charge on any atom is -0.356 e. The van der Waals surface area contributed by atoms with Crippen molar-refractivity contribution in [3.8, 4) is 0 Å². The highest BCUT2D eigenvalue weighted by Crippen LogP contribution is 2.09. The van der Waals surface area contributed by atoms with Gasteiger partial charge in [-0.15, -0.1) is 0 Å². The Morgan fingerprint density at radius 1 is 0.547 bits per heavy atom. The average molecular weight is 783 g/mol. The third-order valence-electron chi connectivity index (χ3n) is 8.14. The van der Waals surface area contributed by atoms with Crippen molar-refractivity contribution in [3.63, 3.8) is 0 Å². The Morgan fingerprint density at radius 2 is 0.925 bits per heavy atom. The molecule has 0 aromatic rings. The van der Waals surface area contributed by atoms with E-state index in [1.807, 2.05) is 0 Å². The monoisotopic (exact) mass is 782 g/mol. The Bertz CT molecular complexity index is 1100. The molecule has 0 aliphatic carbocycles. The van der Waals surface area contributed by atoms with Crippen LogP contribution in [0.4, 0.5) is 0 Å². The van der Waals surface area contributed by atoms with Crippen molar-refractivity contribution >= 4 is 39.7 Å². The van der Waals surface area contributed by atoms with Crippen LogP contribution in [0.2, 0.25) is 0 Å². The van der Waals surface area contributed by atoms with Gasteiger partial charge in [-0.1, -0.05) is 58.3 Å². The molecule has 0 aliphatic rings. The number of carbonyl (C=O) groups is 5. The third kappa shape index (κ3) is 37.2. The summed E-state index contributed by atoms with van der Waals surface area (Å²) in [6.07, 6.45) is 14.7. The average Bonchev–Trinajstić information content (AvgIpc) is 3.11. The molecule has 53 heavy (non-hydrogen) atoms. The lowest BCUT2D eigenvalue weighted by Gasteiger charge is -2.15. The van der Waals surface area contributed by atoms with E-state index in [4.69, 9.17) is 10.3 Å². The van der Waals surface area contributed by atoms with Gasteiger partial charge in [0.25, 0.3) is 10.1 Å². The maximum Gasteiger partial charge on any atom is 0.264 e. The van der Waals surface area contributed by atoms with Gasteiger partial charge in [-0.3, -0.25) is 44.1 Å². The van der Waals surface area contributed by atoms with E-state index in [1.165, 1.54) is 39.0 Å². The Morgan fingerprint density at radius 3 is 1.32 bits per heavy atom. The fourth-order valence-electron chi connectivity index (χ4n) is 4.87. The summed E-state index contributed by atoms with van der Waals surface area (Å²) in [6, 6.07) is 0. The summed E-state index contributed by atoms with van der Waals surface area (Å²) in [4.78, 5) is 58.4. The van der Waals surface area contributed by atoms with Crippen LogP contribution < -0.4 is 16.4 Å². The SMILES string of the molecule is CC(=O)N(O)CCCCCNC(=O)CCC(=O)N(O)CCCCCNC(=O)CCC(=O)N(O)CCCCCN.CCCCCCCCCCS(=O)(=O)O. The van der Waals surface area contributed by atoms with Crippen LogP contribution in [0.5, 0.6) is 0 Å². The zero-order chi connectivity index (χ0) is 40.3. The Hall–Kier alpha value is -2.90. The first-order valence-corrected chi connectivity index (χ1v) is 20.9. The van der Waals surface area contributed by atoms with E-state index in [0.717, 1.165) is 32.1 Å². The van der Waals surface area contributed by atoms with E-state index in [9.17, 15) is 48.0 Å². The molecule has 0 atom stereocenters. The smallest absolute Gasteiger partial charge is 0.264 e. The fourth-order valence-corrected chi connectivity index (χ4v) is 5.43. The Kier molecular flexibility index (Phi) is 34.3. The van der Waals surface area contributed by atoms with Gasteiger partial charge >= 0.3 is 0 Å². The van der Waals surface area contributed by atoms with E-state index in [0.29, 0.717) is 79.8 Å². The van der Waals surface area contributed by atoms with Crippen LogP contribution in [0.1, 0.15) is 149 Å². The first-order chi connectivity index (χ1) is 25.1. The van der Waals surface area contributed by atoms with Crippen LogP contribution in [0, 0.1) is 0 Å². The molecule has 18 heteroatoms. The molecular weight excluding hydrogens is 712 g/mol. The maximum atomic E-state index is 12.0. The quantitative estimate of drug-likeness (QED) is 0.0222. The van der Waals surface area contributed by atoms with Gasteiger partial charge in [0.2, 0.25) is 29.5 Å². The number of amides is 5. The van der Waals surface area contributed by atoms with Crippen molar-refractivity contribution in [3.05, 3.63) is 0 Å². The van der Waals surface area contributed by atoms with Crippen molar-refractivity contribution in [2.75, 3.05) is 45.0 Å². The van der Waals surface area contributed by atoms with Gasteiger partial charge in [0.15, 0.2) is 0 Å². The number of hydrogen-bond donors (Lipinski definition) is 7. The molecule has 0 fully saturated rings. The molecule has 0 aromatic heterocycles. The summed E-state index contributed by atoms with van der Waals surface area (Å²) in [5.74, 6) is -2.13. The lowest BCUT2D eigenvalue weighted by molar-refractivity contribution is -0.166. The van der Waals surface area contributed by atoms with Gasteiger partial charge < -0.3 is 16.4 Å². The molecule has 0 unspecified atom stereocenters. The minimum absolute atomic E-state index is 0.0191. The van der Waals surface area contributed by atoms with Gasteiger partial charge in [0.05, 0.1) is 5.75 Å². The second-order valence-electron chi connectivity index (χ2n) is 13.1. The summed E-state index contributed by atoms with van der Waals surface area (Å²) < 4.78 is 29.2. The number of nitrogens with two attached hydrogens (primary N) is 1. The molecule has 8 N–H and O–H groups in total. The van der Waals surface area contributed by atoms with Crippen molar-refractivity contribution in [2.45, 2.75) is 149 Å². The van der Waals surface area contributed by atoms with Crippen molar-refractivity contribution in [1.82, 2.24) is 25.8 Å². The molecule has 5 amide bonds. The van der Waals surface area contributed by atoms with E-state index in [1.54, 1.807) is 0 Å². The van der Waals surface area contributed by atoms with Crippen molar-refractivity contribution in [1.29, 1.82) is 0 Å². The van der Waals surface area contributed by atoms with Crippen LogP contribution in [0.3, 0.4) is 0 Å². The van der Waals surface area contributed by atoms with E-state index < -0.39 is 27.8 Å². The summed E-state index contributed by atoms with van der Waals surface area (Å²) in [6.45, 7) is 5.41. The molecule has 0 heterocycles. The number of carbonyl (C=O) groups excluding carboxylic acids is 5. The summed E-state index contributed by atoms with van der Waals surface area (Å²) >= 11 is 0. The fraction of sp³-hybridized carbons (Fsp3) is 0.857. The first kappa shape index (κ1) is 52.2. The summed E-state index contributed by atoms with van der Waals surface area (Å²) in [5.41, 5.74) is 5.39. The highest BCUT2D eigenvalue weighted by atomic mass is 32.2. The molecule has 312 valence electrons. The van der Waals surface area contributed by atoms with Crippen LogP contribution in [-0.4, -0.2) is 118 Å². The molecule has 0 aromatic carbocycles. The van der Waals surface area contributed by atoms with Gasteiger partial charge in [0, 0.05) is 65.3 Å².